The fourth-order valence-electron chi connectivity index (χ4n) is 3.36. The first-order valence-electron chi connectivity index (χ1n) is 8.66. The Kier molecular flexibility index (Phi) is 5.92. The van der Waals surface area contributed by atoms with Crippen molar-refractivity contribution in [2.24, 2.45) is 17.3 Å². The molecule has 1 aromatic carbocycles. The Bertz CT molecular complexity index is 969. The van der Waals surface area contributed by atoms with Gasteiger partial charge in [-0.15, -0.1) is 0 Å². The molecule has 28 heavy (non-hydrogen) atoms. The van der Waals surface area contributed by atoms with Gasteiger partial charge in [0.2, 0.25) is 6.10 Å². The minimum Gasteiger partial charge on any atom is -0.442 e. The van der Waals surface area contributed by atoms with Crippen molar-refractivity contribution in [1.82, 2.24) is 4.57 Å². The zero-order valence-electron chi connectivity index (χ0n) is 15.3. The molecule has 0 N–H and O–H groups in total. The molecule has 2 aromatic rings. The smallest absolute Gasteiger partial charge is 0.311 e. The van der Waals surface area contributed by atoms with Gasteiger partial charge in [-0.1, -0.05) is 38.1 Å². The molecule has 1 heterocycles. The average Bonchev–Trinajstić information content (AvgIpc) is 3.00. The van der Waals surface area contributed by atoms with Gasteiger partial charge in [-0.05, 0) is 61.4 Å². The van der Waals surface area contributed by atoms with Gasteiger partial charge in [0.1, 0.15) is 6.07 Å². The predicted octanol–water partition coefficient (Wildman–Crippen LogP) is 5.19. The second-order valence-corrected chi connectivity index (χ2v) is 10.0. The third kappa shape index (κ3) is 4.13. The molecule has 1 aliphatic carbocycles. The number of hydrogen-bond acceptors (Lipinski definition) is 4. The molecule has 1 aliphatic rings. The highest BCUT2D eigenvalue weighted by Crippen LogP contribution is 2.60. The Morgan fingerprint density at radius 3 is 2.54 bits per heavy atom. The SMILES string of the molecule is CC1(C)[C@H](C=C(Br)Br)[C@@H]1C(=O)OC(C#N)c1ccn(C(=O)c2ccccc2)c1. The summed E-state index contributed by atoms with van der Waals surface area (Å²) in [5.41, 5.74) is 0.760. The summed E-state index contributed by atoms with van der Waals surface area (Å²) in [5.74, 6) is -0.925. The van der Waals surface area contributed by atoms with E-state index in [1.165, 1.54) is 10.8 Å². The van der Waals surface area contributed by atoms with E-state index in [9.17, 15) is 14.9 Å². The standard InChI is InChI=1S/C21H18Br2N2O3/c1-21(2)15(10-17(22)23)18(21)20(27)28-16(11-24)14-8-9-25(12-14)19(26)13-6-4-3-5-7-13/h3-10,12,15-16,18H,1-2H3/t15-,16?,18-/m1/s1. The number of hydrogen-bond donors (Lipinski definition) is 0. The second-order valence-electron chi connectivity index (χ2n) is 7.25. The van der Waals surface area contributed by atoms with Crippen molar-refractivity contribution in [3.8, 4) is 6.07 Å². The third-order valence-corrected chi connectivity index (χ3v) is 5.62. The minimum atomic E-state index is -1.06. The molecule has 144 valence electrons. The highest BCUT2D eigenvalue weighted by atomic mass is 79.9. The number of carbonyl (C=O) groups is 2. The average molecular weight is 506 g/mol. The molecule has 1 fully saturated rings. The van der Waals surface area contributed by atoms with Crippen molar-refractivity contribution in [2.45, 2.75) is 20.0 Å². The van der Waals surface area contributed by atoms with Gasteiger partial charge in [0.15, 0.2) is 0 Å². The minimum absolute atomic E-state index is 0.0253. The van der Waals surface area contributed by atoms with E-state index >= 15 is 0 Å². The quantitative estimate of drug-likeness (QED) is 0.524. The molecule has 1 aromatic heterocycles. The van der Waals surface area contributed by atoms with Crippen LogP contribution in [0.25, 0.3) is 0 Å². The molecular formula is C21H18Br2N2O3. The lowest BCUT2D eigenvalue weighted by atomic mass is 10.1. The number of ether oxygens (including phenoxy) is 1. The zero-order chi connectivity index (χ0) is 20.5. The van der Waals surface area contributed by atoms with Crippen LogP contribution < -0.4 is 0 Å². The van der Waals surface area contributed by atoms with Gasteiger partial charge in [0, 0.05) is 23.5 Å². The topological polar surface area (TPSA) is 72.1 Å². The Labute approximate surface area is 180 Å². The lowest BCUT2D eigenvalue weighted by Gasteiger charge is -2.10. The number of nitriles is 1. The van der Waals surface area contributed by atoms with Crippen molar-refractivity contribution in [2.75, 3.05) is 0 Å². The molecule has 3 rings (SSSR count). The summed E-state index contributed by atoms with van der Waals surface area (Å²) in [6.07, 6.45) is 3.95. The monoisotopic (exact) mass is 504 g/mol. The molecule has 3 atom stereocenters. The fourth-order valence-corrected chi connectivity index (χ4v) is 3.93. The van der Waals surface area contributed by atoms with Crippen LogP contribution in [0, 0.1) is 28.6 Å². The molecule has 0 bridgehead atoms. The van der Waals surface area contributed by atoms with E-state index in [4.69, 9.17) is 4.74 Å². The number of benzene rings is 1. The van der Waals surface area contributed by atoms with Gasteiger partial charge < -0.3 is 4.74 Å². The van der Waals surface area contributed by atoms with Crippen molar-refractivity contribution < 1.29 is 14.3 Å². The van der Waals surface area contributed by atoms with Gasteiger partial charge in [0.05, 0.1) is 9.31 Å². The largest absolute Gasteiger partial charge is 0.442 e. The Balaban J connectivity index is 1.72. The zero-order valence-corrected chi connectivity index (χ0v) is 18.5. The summed E-state index contributed by atoms with van der Waals surface area (Å²) in [6.45, 7) is 3.97. The summed E-state index contributed by atoms with van der Waals surface area (Å²) < 4.78 is 7.64. The maximum atomic E-state index is 12.6. The van der Waals surface area contributed by atoms with Gasteiger partial charge in [-0.3, -0.25) is 14.2 Å². The molecule has 0 saturated heterocycles. The molecule has 5 nitrogen and oxygen atoms in total. The van der Waals surface area contributed by atoms with E-state index in [0.717, 1.165) is 3.39 Å². The summed E-state index contributed by atoms with van der Waals surface area (Å²) in [7, 11) is 0. The highest BCUT2D eigenvalue weighted by molar-refractivity contribution is 9.28. The van der Waals surface area contributed by atoms with E-state index in [-0.39, 0.29) is 23.2 Å². The Hall–Kier alpha value is -2.17. The van der Waals surface area contributed by atoms with E-state index in [0.29, 0.717) is 11.1 Å². The van der Waals surface area contributed by atoms with Gasteiger partial charge >= 0.3 is 5.97 Å². The molecule has 0 amide bonds. The van der Waals surface area contributed by atoms with Crippen LogP contribution in [0.4, 0.5) is 0 Å². The number of rotatable bonds is 5. The summed E-state index contributed by atoms with van der Waals surface area (Å²) >= 11 is 6.64. The molecule has 0 aliphatic heterocycles. The highest BCUT2D eigenvalue weighted by Gasteiger charge is 2.61. The van der Waals surface area contributed by atoms with Crippen LogP contribution in [0.1, 0.15) is 35.9 Å². The maximum Gasteiger partial charge on any atom is 0.311 e. The van der Waals surface area contributed by atoms with Crippen molar-refractivity contribution >= 4 is 43.7 Å². The maximum absolute atomic E-state index is 12.6. The number of aromatic nitrogens is 1. The van der Waals surface area contributed by atoms with Crippen molar-refractivity contribution in [1.29, 1.82) is 5.26 Å². The number of nitrogens with zero attached hydrogens (tertiary/aromatic N) is 2. The Morgan fingerprint density at radius 2 is 1.93 bits per heavy atom. The number of halogens is 2. The van der Waals surface area contributed by atoms with Crippen LogP contribution in [0.3, 0.4) is 0 Å². The molecule has 0 spiro atoms. The van der Waals surface area contributed by atoms with Crippen LogP contribution in [0.5, 0.6) is 0 Å². The first kappa shape index (κ1) is 20.6. The van der Waals surface area contributed by atoms with Crippen molar-refractivity contribution in [3.05, 3.63) is 69.4 Å². The van der Waals surface area contributed by atoms with Crippen LogP contribution in [-0.4, -0.2) is 16.4 Å². The van der Waals surface area contributed by atoms with Gasteiger partial charge in [-0.25, -0.2) is 0 Å². The Morgan fingerprint density at radius 1 is 1.25 bits per heavy atom. The van der Waals surface area contributed by atoms with Crippen LogP contribution in [0.2, 0.25) is 0 Å². The van der Waals surface area contributed by atoms with Gasteiger partial charge in [0.25, 0.3) is 5.91 Å². The molecule has 7 heteroatoms. The molecular weight excluding hydrogens is 488 g/mol. The molecule has 0 radical (unpaired) electrons. The van der Waals surface area contributed by atoms with E-state index in [1.807, 2.05) is 32.1 Å². The summed E-state index contributed by atoms with van der Waals surface area (Å²) in [5, 5.41) is 9.49. The van der Waals surface area contributed by atoms with Crippen LogP contribution in [0.15, 0.2) is 58.3 Å². The first-order valence-corrected chi connectivity index (χ1v) is 10.2. The van der Waals surface area contributed by atoms with Crippen molar-refractivity contribution in [3.63, 3.8) is 0 Å². The van der Waals surface area contributed by atoms with Gasteiger partial charge in [-0.2, -0.15) is 5.26 Å². The van der Waals surface area contributed by atoms with E-state index in [1.54, 1.807) is 36.5 Å². The molecule has 1 unspecified atom stereocenters. The number of esters is 1. The molecule has 1 saturated carbocycles. The number of allylic oxidation sites excluding steroid dienone is 1. The summed E-state index contributed by atoms with van der Waals surface area (Å²) in [6, 6.07) is 12.5. The second kappa shape index (κ2) is 8.06. The fraction of sp³-hybridized carbons (Fsp3) is 0.286. The number of carbonyl (C=O) groups excluding carboxylic acids is 2. The van der Waals surface area contributed by atoms with E-state index in [2.05, 4.69) is 31.9 Å². The lowest BCUT2D eigenvalue weighted by Crippen LogP contribution is -2.14. The lowest BCUT2D eigenvalue weighted by molar-refractivity contribution is -0.149. The first-order chi connectivity index (χ1) is 13.3. The normalized spacial score (nSPS) is 20.5. The van der Waals surface area contributed by atoms with Crippen LogP contribution in [-0.2, 0) is 9.53 Å². The third-order valence-electron chi connectivity index (χ3n) is 5.10. The van der Waals surface area contributed by atoms with Crippen LogP contribution >= 0.6 is 31.9 Å². The van der Waals surface area contributed by atoms with E-state index < -0.39 is 12.1 Å². The predicted molar refractivity (Wildman–Crippen MR) is 112 cm³/mol. The summed E-state index contributed by atoms with van der Waals surface area (Å²) in [4.78, 5) is 25.1.